The standard InChI is InChI=1S/C21H19N5O3/c1-13-4-7-18(10-14(13)2)25-20-19(11-22-25)15(3)23-24(21(20)27)12-16-5-8-17(9-6-16)26(28)29/h4-11H,12H2,1-3H3. The number of fused-ring (bicyclic) bond motifs is 1. The molecular formula is C21H19N5O3. The van der Waals surface area contributed by atoms with E-state index >= 15 is 0 Å². The molecule has 0 N–H and O–H groups in total. The first-order valence-electron chi connectivity index (χ1n) is 9.11. The molecule has 0 spiro atoms. The monoisotopic (exact) mass is 389 g/mol. The Hall–Kier alpha value is -3.81. The summed E-state index contributed by atoms with van der Waals surface area (Å²) in [6.07, 6.45) is 1.66. The first-order valence-corrected chi connectivity index (χ1v) is 9.11. The smallest absolute Gasteiger partial charge is 0.265 e. The lowest BCUT2D eigenvalue weighted by Gasteiger charge is -2.10. The van der Waals surface area contributed by atoms with E-state index in [0.29, 0.717) is 16.6 Å². The fraction of sp³-hybridized carbons (Fsp3) is 0.190. The van der Waals surface area contributed by atoms with Crippen LogP contribution in [0.15, 0.2) is 53.5 Å². The summed E-state index contributed by atoms with van der Waals surface area (Å²) in [4.78, 5) is 23.6. The molecule has 0 atom stereocenters. The fourth-order valence-corrected chi connectivity index (χ4v) is 3.28. The van der Waals surface area contributed by atoms with Gasteiger partial charge in [0, 0.05) is 17.5 Å². The number of aryl methyl sites for hydroxylation is 3. The molecular weight excluding hydrogens is 370 g/mol. The van der Waals surface area contributed by atoms with E-state index in [9.17, 15) is 14.9 Å². The lowest BCUT2D eigenvalue weighted by molar-refractivity contribution is -0.384. The van der Waals surface area contributed by atoms with E-state index < -0.39 is 4.92 Å². The van der Waals surface area contributed by atoms with E-state index in [4.69, 9.17) is 0 Å². The summed E-state index contributed by atoms with van der Waals surface area (Å²) in [6, 6.07) is 12.0. The summed E-state index contributed by atoms with van der Waals surface area (Å²) < 4.78 is 3.02. The second-order valence-electron chi connectivity index (χ2n) is 7.06. The van der Waals surface area contributed by atoms with Gasteiger partial charge in [-0.3, -0.25) is 14.9 Å². The molecule has 0 aliphatic rings. The molecule has 2 aromatic carbocycles. The zero-order valence-electron chi connectivity index (χ0n) is 16.3. The highest BCUT2D eigenvalue weighted by atomic mass is 16.6. The minimum atomic E-state index is -0.452. The average Bonchev–Trinajstić information content (AvgIpc) is 3.14. The van der Waals surface area contributed by atoms with Crippen LogP contribution in [0.4, 0.5) is 5.69 Å². The van der Waals surface area contributed by atoms with Crippen LogP contribution in [0.25, 0.3) is 16.6 Å². The summed E-state index contributed by atoms with van der Waals surface area (Å²) in [6.45, 7) is 6.10. The number of benzene rings is 2. The van der Waals surface area contributed by atoms with E-state index in [1.807, 2.05) is 39.0 Å². The lowest BCUT2D eigenvalue weighted by atomic mass is 10.1. The molecule has 0 fully saturated rings. The van der Waals surface area contributed by atoms with Gasteiger partial charge in [-0.1, -0.05) is 18.2 Å². The Balaban J connectivity index is 1.82. The van der Waals surface area contributed by atoms with Gasteiger partial charge >= 0.3 is 0 Å². The lowest BCUT2D eigenvalue weighted by Crippen LogP contribution is -2.26. The zero-order chi connectivity index (χ0) is 20.7. The minimum Gasteiger partial charge on any atom is -0.265 e. The number of nitro groups is 1. The van der Waals surface area contributed by atoms with Crippen LogP contribution in [0.1, 0.15) is 22.4 Å². The number of nitro benzene ring substituents is 1. The van der Waals surface area contributed by atoms with Crippen molar-refractivity contribution in [2.24, 2.45) is 0 Å². The van der Waals surface area contributed by atoms with Crippen molar-refractivity contribution in [1.82, 2.24) is 19.6 Å². The molecule has 0 aliphatic carbocycles. The molecule has 8 heteroatoms. The van der Waals surface area contributed by atoms with E-state index in [-0.39, 0.29) is 17.8 Å². The number of non-ortho nitro benzene ring substituents is 1. The topological polar surface area (TPSA) is 95.8 Å². The number of aromatic nitrogens is 4. The highest BCUT2D eigenvalue weighted by Crippen LogP contribution is 2.20. The van der Waals surface area contributed by atoms with Gasteiger partial charge in [-0.15, -0.1) is 0 Å². The number of nitrogens with zero attached hydrogens (tertiary/aromatic N) is 5. The Morgan fingerprint density at radius 2 is 1.76 bits per heavy atom. The number of hydrogen-bond donors (Lipinski definition) is 0. The zero-order valence-corrected chi connectivity index (χ0v) is 16.3. The molecule has 29 heavy (non-hydrogen) atoms. The fourth-order valence-electron chi connectivity index (χ4n) is 3.28. The quantitative estimate of drug-likeness (QED) is 0.393. The number of hydrogen-bond acceptors (Lipinski definition) is 5. The van der Waals surface area contributed by atoms with Crippen LogP contribution < -0.4 is 5.56 Å². The van der Waals surface area contributed by atoms with Crippen LogP contribution in [0.2, 0.25) is 0 Å². The van der Waals surface area contributed by atoms with Crippen molar-refractivity contribution in [1.29, 1.82) is 0 Å². The van der Waals surface area contributed by atoms with E-state index in [2.05, 4.69) is 10.2 Å². The van der Waals surface area contributed by atoms with Crippen LogP contribution in [0.5, 0.6) is 0 Å². The molecule has 0 bridgehead atoms. The third-order valence-corrected chi connectivity index (χ3v) is 5.08. The van der Waals surface area contributed by atoms with Gasteiger partial charge in [-0.05, 0) is 49.6 Å². The number of rotatable bonds is 4. The highest BCUT2D eigenvalue weighted by molar-refractivity contribution is 5.81. The molecule has 0 unspecified atom stereocenters. The molecule has 4 rings (SSSR count). The minimum absolute atomic E-state index is 0.00788. The van der Waals surface area contributed by atoms with Crippen molar-refractivity contribution in [3.8, 4) is 5.69 Å². The van der Waals surface area contributed by atoms with Gasteiger partial charge in [0.25, 0.3) is 11.2 Å². The van der Waals surface area contributed by atoms with Gasteiger partial charge in [-0.2, -0.15) is 10.2 Å². The van der Waals surface area contributed by atoms with Gasteiger partial charge < -0.3 is 0 Å². The molecule has 0 saturated heterocycles. The van der Waals surface area contributed by atoms with Gasteiger partial charge in [0.2, 0.25) is 0 Å². The molecule has 2 aromatic heterocycles. The second-order valence-corrected chi connectivity index (χ2v) is 7.06. The predicted molar refractivity (Wildman–Crippen MR) is 110 cm³/mol. The molecule has 0 amide bonds. The average molecular weight is 389 g/mol. The predicted octanol–water partition coefficient (Wildman–Crippen LogP) is 3.46. The van der Waals surface area contributed by atoms with Crippen LogP contribution in [0.3, 0.4) is 0 Å². The maximum atomic E-state index is 13.2. The van der Waals surface area contributed by atoms with Crippen LogP contribution >= 0.6 is 0 Å². The van der Waals surface area contributed by atoms with E-state index in [1.54, 1.807) is 23.0 Å². The van der Waals surface area contributed by atoms with Crippen LogP contribution in [-0.2, 0) is 6.54 Å². The van der Waals surface area contributed by atoms with E-state index in [1.165, 1.54) is 22.4 Å². The van der Waals surface area contributed by atoms with Gasteiger partial charge in [0.05, 0.1) is 29.0 Å². The van der Waals surface area contributed by atoms with Crippen molar-refractivity contribution >= 4 is 16.6 Å². The van der Waals surface area contributed by atoms with E-state index in [0.717, 1.165) is 16.8 Å². The Bertz CT molecular complexity index is 1300. The maximum Gasteiger partial charge on any atom is 0.293 e. The Labute approximate surface area is 166 Å². The Kier molecular flexibility index (Phi) is 4.46. The molecule has 8 nitrogen and oxygen atoms in total. The van der Waals surface area contributed by atoms with Gasteiger partial charge in [0.1, 0.15) is 5.52 Å². The summed E-state index contributed by atoms with van der Waals surface area (Å²) in [5, 5.41) is 20.4. The summed E-state index contributed by atoms with van der Waals surface area (Å²) in [5.74, 6) is 0. The molecule has 0 saturated carbocycles. The van der Waals surface area contributed by atoms with Gasteiger partial charge in [-0.25, -0.2) is 9.36 Å². The first kappa shape index (κ1) is 18.5. The Morgan fingerprint density at radius 1 is 1.03 bits per heavy atom. The second kappa shape index (κ2) is 6.97. The van der Waals surface area contributed by atoms with Crippen LogP contribution in [-0.4, -0.2) is 24.5 Å². The summed E-state index contributed by atoms with van der Waals surface area (Å²) >= 11 is 0. The van der Waals surface area contributed by atoms with Crippen molar-refractivity contribution in [2.45, 2.75) is 27.3 Å². The third-order valence-electron chi connectivity index (χ3n) is 5.08. The first-order chi connectivity index (χ1) is 13.8. The maximum absolute atomic E-state index is 13.2. The molecule has 0 aliphatic heterocycles. The van der Waals surface area contributed by atoms with Crippen molar-refractivity contribution in [3.63, 3.8) is 0 Å². The molecule has 2 heterocycles. The van der Waals surface area contributed by atoms with Crippen LogP contribution in [0, 0.1) is 30.9 Å². The van der Waals surface area contributed by atoms with Crippen molar-refractivity contribution < 1.29 is 4.92 Å². The Morgan fingerprint density at radius 3 is 2.41 bits per heavy atom. The third kappa shape index (κ3) is 3.29. The summed E-state index contributed by atoms with van der Waals surface area (Å²) in [5.41, 5.74) is 4.74. The van der Waals surface area contributed by atoms with Crippen molar-refractivity contribution in [3.05, 3.63) is 91.5 Å². The highest BCUT2D eigenvalue weighted by Gasteiger charge is 2.16. The molecule has 146 valence electrons. The molecule has 4 aromatic rings. The molecule has 0 radical (unpaired) electrons. The largest absolute Gasteiger partial charge is 0.293 e. The summed E-state index contributed by atoms with van der Waals surface area (Å²) in [7, 11) is 0. The SMILES string of the molecule is Cc1ccc(-n2ncc3c(C)nn(Cc4ccc([N+](=O)[O-])cc4)c(=O)c32)cc1C. The van der Waals surface area contributed by atoms with Crippen molar-refractivity contribution in [2.75, 3.05) is 0 Å². The van der Waals surface area contributed by atoms with Gasteiger partial charge in [0.15, 0.2) is 0 Å². The normalized spacial score (nSPS) is 11.1.